The number of likely N-dealkylation sites (tertiary alicyclic amines) is 1. The van der Waals surface area contributed by atoms with Crippen LogP contribution in [0.3, 0.4) is 0 Å². The van der Waals surface area contributed by atoms with Crippen LogP contribution in [0.1, 0.15) is 26.4 Å². The van der Waals surface area contributed by atoms with Crippen LogP contribution in [0.2, 0.25) is 0 Å². The number of fused-ring (bicyclic) bond motifs is 1. The third-order valence-corrected chi connectivity index (χ3v) is 6.47. The molecule has 2 aromatic rings. The van der Waals surface area contributed by atoms with E-state index < -0.39 is 0 Å². The first-order valence-corrected chi connectivity index (χ1v) is 9.11. The summed E-state index contributed by atoms with van der Waals surface area (Å²) in [7, 11) is 0. The number of carbonyl (C=O) groups is 2. The summed E-state index contributed by atoms with van der Waals surface area (Å²) in [6.07, 6.45) is 0. The van der Waals surface area contributed by atoms with E-state index in [-0.39, 0.29) is 18.0 Å². The molecule has 2 saturated heterocycles. The standard InChI is InChI=1S/C18H21N3O2S/c1-10-6-14-12(3)16(24-15(14)7-11(10)2)17(22)20-8-13(9-20)21-5-4-19-18(21)23/h6-7,13H,4-5,8-9H2,1-3H3,(H,19,23). The van der Waals surface area contributed by atoms with Crippen molar-refractivity contribution in [2.45, 2.75) is 26.8 Å². The van der Waals surface area contributed by atoms with Crippen molar-refractivity contribution in [2.75, 3.05) is 26.2 Å². The molecule has 0 unspecified atom stereocenters. The number of amides is 3. The number of rotatable bonds is 2. The monoisotopic (exact) mass is 343 g/mol. The van der Waals surface area contributed by atoms with Crippen LogP contribution in [0.4, 0.5) is 4.79 Å². The predicted molar refractivity (Wildman–Crippen MR) is 95.8 cm³/mol. The molecule has 3 amide bonds. The zero-order chi connectivity index (χ0) is 17.0. The number of aryl methyl sites for hydroxylation is 3. The molecule has 0 aliphatic carbocycles. The summed E-state index contributed by atoms with van der Waals surface area (Å²) < 4.78 is 1.18. The van der Waals surface area contributed by atoms with E-state index in [0.717, 1.165) is 17.0 Å². The topological polar surface area (TPSA) is 52.7 Å². The van der Waals surface area contributed by atoms with Crippen molar-refractivity contribution in [1.29, 1.82) is 0 Å². The Morgan fingerprint density at radius 2 is 1.92 bits per heavy atom. The highest BCUT2D eigenvalue weighted by Gasteiger charge is 2.39. The minimum absolute atomic E-state index is 0.00362. The van der Waals surface area contributed by atoms with Gasteiger partial charge in [0.2, 0.25) is 0 Å². The van der Waals surface area contributed by atoms with E-state index in [1.807, 2.05) is 16.7 Å². The average molecular weight is 343 g/mol. The summed E-state index contributed by atoms with van der Waals surface area (Å²) in [5.74, 6) is 0.0971. The number of hydrogen-bond donors (Lipinski definition) is 1. The van der Waals surface area contributed by atoms with Gasteiger partial charge in [0, 0.05) is 30.9 Å². The molecule has 2 fully saturated rings. The number of nitrogens with zero attached hydrogens (tertiary/aromatic N) is 2. The van der Waals surface area contributed by atoms with Crippen LogP contribution in [-0.2, 0) is 0 Å². The first-order chi connectivity index (χ1) is 11.5. The number of hydrogen-bond acceptors (Lipinski definition) is 3. The van der Waals surface area contributed by atoms with E-state index >= 15 is 0 Å². The van der Waals surface area contributed by atoms with Crippen LogP contribution in [0, 0.1) is 20.8 Å². The molecule has 6 heteroatoms. The number of thiophene rings is 1. The van der Waals surface area contributed by atoms with Crippen LogP contribution in [0.25, 0.3) is 10.1 Å². The van der Waals surface area contributed by atoms with Gasteiger partial charge in [0.25, 0.3) is 5.91 Å². The highest BCUT2D eigenvalue weighted by molar-refractivity contribution is 7.21. The van der Waals surface area contributed by atoms with E-state index in [1.165, 1.54) is 21.2 Å². The fourth-order valence-electron chi connectivity index (χ4n) is 3.48. The zero-order valence-electron chi connectivity index (χ0n) is 14.2. The molecule has 1 aromatic heterocycles. The minimum Gasteiger partial charge on any atom is -0.336 e. The maximum Gasteiger partial charge on any atom is 0.317 e. The molecule has 0 saturated carbocycles. The lowest BCUT2D eigenvalue weighted by Gasteiger charge is -2.43. The van der Waals surface area contributed by atoms with E-state index in [4.69, 9.17) is 0 Å². The van der Waals surface area contributed by atoms with Gasteiger partial charge in [-0.3, -0.25) is 4.79 Å². The third kappa shape index (κ3) is 2.28. The van der Waals surface area contributed by atoms with Gasteiger partial charge in [-0.25, -0.2) is 4.79 Å². The summed E-state index contributed by atoms with van der Waals surface area (Å²) >= 11 is 1.58. The molecular weight excluding hydrogens is 322 g/mol. The molecule has 1 aromatic carbocycles. The lowest BCUT2D eigenvalue weighted by Crippen LogP contribution is -2.61. The molecule has 0 bridgehead atoms. The Labute approximate surface area is 145 Å². The van der Waals surface area contributed by atoms with E-state index in [2.05, 4.69) is 31.3 Å². The van der Waals surface area contributed by atoms with Gasteiger partial charge >= 0.3 is 6.03 Å². The van der Waals surface area contributed by atoms with Crippen LogP contribution in [0.15, 0.2) is 12.1 Å². The molecule has 126 valence electrons. The first-order valence-electron chi connectivity index (χ1n) is 8.30. The Kier molecular flexibility index (Phi) is 3.53. The largest absolute Gasteiger partial charge is 0.336 e. The molecule has 5 nitrogen and oxygen atoms in total. The van der Waals surface area contributed by atoms with Gasteiger partial charge < -0.3 is 15.1 Å². The van der Waals surface area contributed by atoms with Gasteiger partial charge in [0.1, 0.15) is 0 Å². The van der Waals surface area contributed by atoms with Crippen molar-refractivity contribution in [1.82, 2.24) is 15.1 Å². The second-order valence-electron chi connectivity index (χ2n) is 6.78. The fraction of sp³-hybridized carbons (Fsp3) is 0.444. The number of carbonyl (C=O) groups excluding carboxylic acids is 2. The van der Waals surface area contributed by atoms with Crippen molar-refractivity contribution in [3.05, 3.63) is 33.7 Å². The van der Waals surface area contributed by atoms with Crippen molar-refractivity contribution < 1.29 is 9.59 Å². The van der Waals surface area contributed by atoms with E-state index in [1.54, 1.807) is 11.3 Å². The molecule has 3 heterocycles. The highest BCUT2D eigenvalue weighted by atomic mass is 32.1. The molecule has 0 atom stereocenters. The Morgan fingerprint density at radius 3 is 2.58 bits per heavy atom. The van der Waals surface area contributed by atoms with Crippen LogP contribution in [-0.4, -0.2) is 54.0 Å². The normalized spacial score (nSPS) is 18.2. The van der Waals surface area contributed by atoms with Crippen molar-refractivity contribution in [3.63, 3.8) is 0 Å². The van der Waals surface area contributed by atoms with Crippen molar-refractivity contribution in [3.8, 4) is 0 Å². The summed E-state index contributed by atoms with van der Waals surface area (Å²) in [4.78, 5) is 29.1. The Morgan fingerprint density at radius 1 is 1.21 bits per heavy atom. The summed E-state index contributed by atoms with van der Waals surface area (Å²) in [5.41, 5.74) is 3.59. The van der Waals surface area contributed by atoms with E-state index in [9.17, 15) is 9.59 Å². The maximum absolute atomic E-state index is 12.8. The summed E-state index contributed by atoms with van der Waals surface area (Å²) in [6.45, 7) is 8.96. The van der Waals surface area contributed by atoms with Gasteiger partial charge in [-0.2, -0.15) is 0 Å². The van der Waals surface area contributed by atoms with Crippen molar-refractivity contribution >= 4 is 33.4 Å². The van der Waals surface area contributed by atoms with Crippen LogP contribution < -0.4 is 5.32 Å². The molecular formula is C18H21N3O2S. The van der Waals surface area contributed by atoms with Crippen LogP contribution >= 0.6 is 11.3 Å². The molecule has 2 aliphatic rings. The zero-order valence-corrected chi connectivity index (χ0v) is 15.0. The fourth-order valence-corrected chi connectivity index (χ4v) is 4.73. The first kappa shape index (κ1) is 15.4. The third-order valence-electron chi connectivity index (χ3n) is 5.23. The lowest BCUT2D eigenvalue weighted by molar-refractivity contribution is 0.0411. The number of benzene rings is 1. The maximum atomic E-state index is 12.8. The molecule has 2 aliphatic heterocycles. The predicted octanol–water partition coefficient (Wildman–Crippen LogP) is 2.68. The smallest absolute Gasteiger partial charge is 0.317 e. The highest BCUT2D eigenvalue weighted by Crippen LogP contribution is 2.34. The van der Waals surface area contributed by atoms with Crippen LogP contribution in [0.5, 0.6) is 0 Å². The van der Waals surface area contributed by atoms with Crippen molar-refractivity contribution in [2.24, 2.45) is 0 Å². The van der Waals surface area contributed by atoms with E-state index in [0.29, 0.717) is 19.6 Å². The van der Waals surface area contributed by atoms with Gasteiger partial charge in [0.05, 0.1) is 10.9 Å². The van der Waals surface area contributed by atoms with Gasteiger partial charge in [-0.05, 0) is 48.9 Å². The number of nitrogens with one attached hydrogen (secondary N) is 1. The Hall–Kier alpha value is -2.08. The second-order valence-corrected chi connectivity index (χ2v) is 7.83. The minimum atomic E-state index is -0.00362. The van der Waals surface area contributed by atoms with Gasteiger partial charge in [-0.15, -0.1) is 11.3 Å². The second kappa shape index (κ2) is 5.48. The molecule has 0 radical (unpaired) electrons. The quantitative estimate of drug-likeness (QED) is 0.911. The summed E-state index contributed by atoms with van der Waals surface area (Å²) in [5, 5.41) is 4.00. The number of urea groups is 1. The van der Waals surface area contributed by atoms with Gasteiger partial charge in [-0.1, -0.05) is 6.07 Å². The molecule has 4 rings (SSSR count). The Balaban J connectivity index is 1.54. The van der Waals surface area contributed by atoms with Gasteiger partial charge in [0.15, 0.2) is 0 Å². The Bertz CT molecular complexity index is 852. The average Bonchev–Trinajstić information content (AvgIpc) is 3.04. The molecule has 24 heavy (non-hydrogen) atoms. The summed E-state index contributed by atoms with van der Waals surface area (Å²) in [6, 6.07) is 4.51. The molecule has 1 N–H and O–H groups in total. The molecule has 0 spiro atoms. The lowest BCUT2D eigenvalue weighted by atomic mass is 10.0. The SMILES string of the molecule is Cc1cc2sc(C(=O)N3CC(N4CCNC4=O)C3)c(C)c2cc1C.